The first-order chi connectivity index (χ1) is 11.1. The minimum Gasteiger partial charge on any atom is -0.366 e. The van der Waals surface area contributed by atoms with Crippen LogP contribution in [-0.4, -0.2) is 35.8 Å². The average molecular weight is 315 g/mol. The fourth-order valence-corrected chi connectivity index (χ4v) is 2.84. The van der Waals surface area contributed by atoms with E-state index < -0.39 is 5.91 Å². The predicted octanol–water partition coefficient (Wildman–Crippen LogP) is 2.54. The van der Waals surface area contributed by atoms with E-state index >= 15 is 0 Å². The Hall–Kier alpha value is -2.14. The molecule has 5 nitrogen and oxygen atoms in total. The van der Waals surface area contributed by atoms with E-state index in [4.69, 9.17) is 5.73 Å². The average Bonchev–Trinajstić information content (AvgIpc) is 2.57. The second-order valence-electron chi connectivity index (χ2n) is 5.79. The van der Waals surface area contributed by atoms with Gasteiger partial charge in [-0.1, -0.05) is 19.1 Å². The van der Waals surface area contributed by atoms with E-state index in [1.807, 2.05) is 0 Å². The number of allylic oxidation sites excluding steroid dienone is 1. The van der Waals surface area contributed by atoms with Crippen LogP contribution in [0.3, 0.4) is 0 Å². The van der Waals surface area contributed by atoms with Gasteiger partial charge < -0.3 is 11.1 Å². The zero-order valence-corrected chi connectivity index (χ0v) is 13.6. The third kappa shape index (κ3) is 5.21. The Morgan fingerprint density at radius 2 is 2.04 bits per heavy atom. The molecule has 0 saturated heterocycles. The summed E-state index contributed by atoms with van der Waals surface area (Å²) in [4.78, 5) is 25.4. The van der Waals surface area contributed by atoms with E-state index in [1.54, 1.807) is 24.3 Å². The lowest BCUT2D eigenvalue weighted by Crippen LogP contribution is -2.36. The predicted molar refractivity (Wildman–Crippen MR) is 92.2 cm³/mol. The maximum absolute atomic E-state index is 12.1. The number of likely N-dealkylation sites (N-methyl/N-ethyl adjacent to an activating group) is 1. The van der Waals surface area contributed by atoms with E-state index in [2.05, 4.69) is 29.3 Å². The molecule has 0 radical (unpaired) electrons. The molecule has 23 heavy (non-hydrogen) atoms. The van der Waals surface area contributed by atoms with Crippen molar-refractivity contribution in [2.75, 3.05) is 18.4 Å². The van der Waals surface area contributed by atoms with E-state index in [1.165, 1.54) is 12.8 Å². The first-order valence-corrected chi connectivity index (χ1v) is 8.20. The van der Waals surface area contributed by atoms with Gasteiger partial charge in [0.15, 0.2) is 0 Å². The third-order valence-electron chi connectivity index (χ3n) is 4.18. The summed E-state index contributed by atoms with van der Waals surface area (Å²) in [6.07, 6.45) is 8.49. The molecule has 0 aromatic heterocycles. The summed E-state index contributed by atoms with van der Waals surface area (Å²) in [6, 6.07) is 7.07. The van der Waals surface area contributed by atoms with Crippen LogP contribution in [-0.2, 0) is 4.79 Å². The quantitative estimate of drug-likeness (QED) is 0.759. The van der Waals surface area contributed by atoms with Crippen molar-refractivity contribution in [2.24, 2.45) is 5.73 Å². The van der Waals surface area contributed by atoms with Gasteiger partial charge in [-0.2, -0.15) is 0 Å². The van der Waals surface area contributed by atoms with E-state index in [0.717, 1.165) is 19.5 Å². The maximum atomic E-state index is 12.1. The van der Waals surface area contributed by atoms with Crippen LogP contribution in [0, 0.1) is 0 Å². The summed E-state index contributed by atoms with van der Waals surface area (Å²) >= 11 is 0. The van der Waals surface area contributed by atoms with Crippen LogP contribution in [0.25, 0.3) is 0 Å². The first-order valence-electron chi connectivity index (χ1n) is 8.20. The van der Waals surface area contributed by atoms with Crippen LogP contribution in [0.5, 0.6) is 0 Å². The van der Waals surface area contributed by atoms with Crippen molar-refractivity contribution in [1.82, 2.24) is 4.90 Å². The fourth-order valence-electron chi connectivity index (χ4n) is 2.84. The highest BCUT2D eigenvalue weighted by atomic mass is 16.2. The molecule has 0 bridgehead atoms. The number of nitrogens with one attached hydrogen (secondary N) is 1. The van der Waals surface area contributed by atoms with Gasteiger partial charge in [-0.15, -0.1) is 0 Å². The molecule has 0 saturated carbocycles. The number of amides is 2. The Kier molecular flexibility index (Phi) is 6.35. The zero-order chi connectivity index (χ0) is 16.7. The molecule has 3 N–H and O–H groups in total. The molecule has 1 aromatic rings. The summed E-state index contributed by atoms with van der Waals surface area (Å²) in [5, 5.41) is 2.85. The second kappa shape index (κ2) is 8.48. The summed E-state index contributed by atoms with van der Waals surface area (Å²) < 4.78 is 0. The molecule has 0 aliphatic heterocycles. The van der Waals surface area contributed by atoms with Crippen molar-refractivity contribution < 1.29 is 9.59 Å². The number of primary amides is 1. The Morgan fingerprint density at radius 3 is 2.61 bits per heavy atom. The smallest absolute Gasteiger partial charge is 0.248 e. The fraction of sp³-hybridized carbons (Fsp3) is 0.444. The molecule has 1 aliphatic rings. The maximum Gasteiger partial charge on any atom is 0.248 e. The van der Waals surface area contributed by atoms with Gasteiger partial charge in [-0.25, -0.2) is 0 Å². The lowest BCUT2D eigenvalue weighted by molar-refractivity contribution is -0.116. The van der Waals surface area contributed by atoms with E-state index in [-0.39, 0.29) is 5.91 Å². The summed E-state index contributed by atoms with van der Waals surface area (Å²) in [5.74, 6) is -0.489. The van der Waals surface area contributed by atoms with Crippen molar-refractivity contribution in [3.63, 3.8) is 0 Å². The van der Waals surface area contributed by atoms with Crippen molar-refractivity contribution in [3.05, 3.63) is 42.0 Å². The number of benzene rings is 1. The van der Waals surface area contributed by atoms with Crippen molar-refractivity contribution in [2.45, 2.75) is 38.6 Å². The van der Waals surface area contributed by atoms with Gasteiger partial charge in [0.1, 0.15) is 0 Å². The summed E-state index contributed by atoms with van der Waals surface area (Å²) in [6.45, 7) is 3.81. The van der Waals surface area contributed by atoms with Gasteiger partial charge in [0.05, 0.1) is 0 Å². The highest BCUT2D eigenvalue weighted by Crippen LogP contribution is 2.17. The van der Waals surface area contributed by atoms with E-state index in [0.29, 0.717) is 23.7 Å². The van der Waals surface area contributed by atoms with Gasteiger partial charge >= 0.3 is 0 Å². The van der Waals surface area contributed by atoms with Crippen molar-refractivity contribution >= 4 is 17.5 Å². The largest absolute Gasteiger partial charge is 0.366 e. The van der Waals surface area contributed by atoms with E-state index in [9.17, 15) is 9.59 Å². The Bertz CT molecular complexity index is 566. The zero-order valence-electron chi connectivity index (χ0n) is 13.6. The minimum atomic E-state index is -0.470. The lowest BCUT2D eigenvalue weighted by Gasteiger charge is -2.30. The number of carbonyl (C=O) groups excluding carboxylic acids is 2. The Balaban J connectivity index is 1.82. The molecular weight excluding hydrogens is 290 g/mol. The van der Waals surface area contributed by atoms with Crippen molar-refractivity contribution in [3.8, 4) is 0 Å². The molecule has 1 aliphatic carbocycles. The van der Waals surface area contributed by atoms with Gasteiger partial charge in [-0.05, 0) is 50.1 Å². The topological polar surface area (TPSA) is 75.4 Å². The number of hydrogen-bond donors (Lipinski definition) is 2. The molecule has 1 aromatic carbocycles. The van der Waals surface area contributed by atoms with Crippen molar-refractivity contribution in [1.29, 1.82) is 0 Å². The molecule has 124 valence electrons. The third-order valence-corrected chi connectivity index (χ3v) is 4.18. The van der Waals surface area contributed by atoms with Crippen LogP contribution < -0.4 is 11.1 Å². The number of rotatable bonds is 7. The molecule has 2 amide bonds. The Morgan fingerprint density at radius 1 is 1.30 bits per heavy atom. The van der Waals surface area contributed by atoms with Crippen LogP contribution in [0.1, 0.15) is 43.0 Å². The first kappa shape index (κ1) is 17.2. The van der Waals surface area contributed by atoms with Crippen LogP contribution in [0.4, 0.5) is 5.69 Å². The number of anilines is 1. The van der Waals surface area contributed by atoms with Crippen LogP contribution in [0.2, 0.25) is 0 Å². The molecule has 2 rings (SSSR count). The minimum absolute atomic E-state index is 0.0185. The number of hydrogen-bond acceptors (Lipinski definition) is 3. The highest BCUT2D eigenvalue weighted by Gasteiger charge is 2.17. The summed E-state index contributed by atoms with van der Waals surface area (Å²) in [5.41, 5.74) is 6.31. The normalized spacial score (nSPS) is 17.2. The van der Waals surface area contributed by atoms with Gasteiger partial charge in [0.2, 0.25) is 11.8 Å². The molecule has 0 heterocycles. The van der Waals surface area contributed by atoms with Crippen LogP contribution >= 0.6 is 0 Å². The monoisotopic (exact) mass is 315 g/mol. The molecule has 0 fully saturated rings. The van der Waals surface area contributed by atoms with Gasteiger partial charge in [0.25, 0.3) is 0 Å². The summed E-state index contributed by atoms with van der Waals surface area (Å²) in [7, 11) is 0. The molecule has 5 heteroatoms. The SMILES string of the molecule is CCN(CCC(=O)Nc1ccc(C(N)=O)cc1)[C@H]1C=CCCC1. The molecule has 0 spiro atoms. The lowest BCUT2D eigenvalue weighted by atomic mass is 10.0. The molecule has 0 unspecified atom stereocenters. The standard InChI is InChI=1S/C18H25N3O2/c1-2-21(16-6-4-3-5-7-16)13-12-17(22)20-15-10-8-14(9-11-15)18(19)23/h4,6,8-11,16H,2-3,5,7,12-13H2,1H3,(H2,19,23)(H,20,22)/t16-/m0/s1. The van der Waals surface area contributed by atoms with Crippen LogP contribution in [0.15, 0.2) is 36.4 Å². The number of carbonyl (C=O) groups is 2. The number of nitrogens with zero attached hydrogens (tertiary/aromatic N) is 1. The highest BCUT2D eigenvalue weighted by molar-refractivity contribution is 5.94. The van der Waals surface area contributed by atoms with Gasteiger partial charge in [-0.3, -0.25) is 14.5 Å². The number of nitrogens with two attached hydrogens (primary N) is 1. The molecular formula is C18H25N3O2. The van der Waals surface area contributed by atoms with Gasteiger partial charge in [0, 0.05) is 30.3 Å². The molecule has 1 atom stereocenters. The Labute approximate surface area is 137 Å². The second-order valence-corrected chi connectivity index (χ2v) is 5.79.